The molecule has 5 nitrogen and oxygen atoms in total. The van der Waals surface area contributed by atoms with E-state index in [1.165, 1.54) is 11.3 Å². The van der Waals surface area contributed by atoms with Crippen LogP contribution >= 0.6 is 11.3 Å². The van der Waals surface area contributed by atoms with Gasteiger partial charge in [0.25, 0.3) is 5.91 Å². The summed E-state index contributed by atoms with van der Waals surface area (Å²) in [4.78, 5) is 15.8. The number of amides is 1. The van der Waals surface area contributed by atoms with Gasteiger partial charge in [0, 0.05) is 13.1 Å². The maximum atomic E-state index is 12.6. The molecule has 1 aromatic heterocycles. The summed E-state index contributed by atoms with van der Waals surface area (Å²) in [5, 5.41) is 9.30. The standard InChI is InChI=1S/C15H20N2O3S/c1-15(2)10-17(8-11(9-18)20-15)14(19)13-6-5-12(21-13)4-3-7-16/h5-6,11,18H,7-10,16H2,1-2H3. The monoisotopic (exact) mass is 308 g/mol. The highest BCUT2D eigenvalue weighted by atomic mass is 32.1. The van der Waals surface area contributed by atoms with E-state index in [0.29, 0.717) is 24.5 Å². The molecule has 1 fully saturated rings. The van der Waals surface area contributed by atoms with E-state index in [2.05, 4.69) is 11.8 Å². The first kappa shape index (κ1) is 16.0. The number of nitrogens with two attached hydrogens (primary N) is 1. The van der Waals surface area contributed by atoms with E-state index in [4.69, 9.17) is 10.5 Å². The van der Waals surface area contributed by atoms with Crippen molar-refractivity contribution >= 4 is 17.2 Å². The van der Waals surface area contributed by atoms with E-state index in [-0.39, 0.29) is 18.6 Å². The quantitative estimate of drug-likeness (QED) is 0.788. The molecule has 0 bridgehead atoms. The first-order valence-electron chi connectivity index (χ1n) is 6.82. The zero-order valence-electron chi connectivity index (χ0n) is 12.3. The second kappa shape index (κ2) is 6.58. The molecule has 0 aliphatic carbocycles. The summed E-state index contributed by atoms with van der Waals surface area (Å²) in [5.41, 5.74) is 4.88. The van der Waals surface area contributed by atoms with Crippen LogP contribution in [0.5, 0.6) is 0 Å². The molecule has 1 saturated heterocycles. The summed E-state index contributed by atoms with van der Waals surface area (Å²) in [6.07, 6.45) is -0.339. The van der Waals surface area contributed by atoms with Gasteiger partial charge in [-0.2, -0.15) is 0 Å². The van der Waals surface area contributed by atoms with Gasteiger partial charge in [-0.05, 0) is 26.0 Å². The number of hydrogen-bond donors (Lipinski definition) is 2. The van der Waals surface area contributed by atoms with E-state index in [0.717, 1.165) is 4.88 Å². The van der Waals surface area contributed by atoms with Crippen molar-refractivity contribution in [1.29, 1.82) is 0 Å². The van der Waals surface area contributed by atoms with Gasteiger partial charge in [-0.1, -0.05) is 11.8 Å². The Kier molecular flexibility index (Phi) is 5.01. The van der Waals surface area contributed by atoms with Gasteiger partial charge in [0.1, 0.15) is 0 Å². The van der Waals surface area contributed by atoms with Crippen molar-refractivity contribution in [1.82, 2.24) is 4.90 Å². The molecule has 0 spiro atoms. The van der Waals surface area contributed by atoms with Crippen LogP contribution in [0.25, 0.3) is 0 Å². The number of aliphatic hydroxyl groups is 1. The first-order valence-corrected chi connectivity index (χ1v) is 7.63. The van der Waals surface area contributed by atoms with E-state index >= 15 is 0 Å². The Morgan fingerprint density at radius 2 is 2.38 bits per heavy atom. The van der Waals surface area contributed by atoms with Crippen molar-refractivity contribution in [3.63, 3.8) is 0 Å². The molecule has 1 aliphatic rings. The van der Waals surface area contributed by atoms with Crippen LogP contribution in [0.3, 0.4) is 0 Å². The lowest BCUT2D eigenvalue weighted by Crippen LogP contribution is -2.55. The molecule has 114 valence electrons. The molecular formula is C15H20N2O3S. The van der Waals surface area contributed by atoms with Crippen molar-refractivity contribution in [3.8, 4) is 11.8 Å². The molecule has 1 aliphatic heterocycles. The van der Waals surface area contributed by atoms with Crippen LogP contribution < -0.4 is 5.73 Å². The number of aliphatic hydroxyl groups excluding tert-OH is 1. The summed E-state index contributed by atoms with van der Waals surface area (Å²) in [5.74, 6) is 5.66. The largest absolute Gasteiger partial charge is 0.394 e. The van der Waals surface area contributed by atoms with Gasteiger partial charge in [0.05, 0.1) is 34.6 Å². The van der Waals surface area contributed by atoms with Gasteiger partial charge < -0.3 is 20.5 Å². The van der Waals surface area contributed by atoms with Crippen molar-refractivity contribution < 1.29 is 14.6 Å². The Bertz CT molecular complexity index is 571. The average molecular weight is 308 g/mol. The van der Waals surface area contributed by atoms with Crippen molar-refractivity contribution in [2.24, 2.45) is 5.73 Å². The fourth-order valence-electron chi connectivity index (χ4n) is 2.36. The Morgan fingerprint density at radius 3 is 3.05 bits per heavy atom. The second-order valence-electron chi connectivity index (χ2n) is 5.54. The fourth-order valence-corrected chi connectivity index (χ4v) is 3.21. The third-order valence-corrected chi connectivity index (χ3v) is 4.09. The molecule has 1 aromatic rings. The summed E-state index contributed by atoms with van der Waals surface area (Å²) < 4.78 is 5.72. The fraction of sp³-hybridized carbons (Fsp3) is 0.533. The highest BCUT2D eigenvalue weighted by Gasteiger charge is 2.35. The Balaban J connectivity index is 2.13. The number of thiophene rings is 1. The lowest BCUT2D eigenvalue weighted by molar-refractivity contribution is -0.139. The summed E-state index contributed by atoms with van der Waals surface area (Å²) in [6, 6.07) is 3.61. The van der Waals surface area contributed by atoms with Gasteiger partial charge >= 0.3 is 0 Å². The van der Waals surface area contributed by atoms with Crippen molar-refractivity contribution in [3.05, 3.63) is 21.9 Å². The number of carbonyl (C=O) groups excluding carboxylic acids is 1. The van der Waals surface area contributed by atoms with Crippen LogP contribution in [0, 0.1) is 11.8 Å². The highest BCUT2D eigenvalue weighted by Crippen LogP contribution is 2.24. The smallest absolute Gasteiger partial charge is 0.264 e. The number of hydrogen-bond acceptors (Lipinski definition) is 5. The van der Waals surface area contributed by atoms with Gasteiger partial charge in [0.15, 0.2) is 0 Å². The topological polar surface area (TPSA) is 75.8 Å². The first-order chi connectivity index (χ1) is 9.95. The average Bonchev–Trinajstić information content (AvgIpc) is 2.91. The van der Waals surface area contributed by atoms with Gasteiger partial charge in [-0.15, -0.1) is 11.3 Å². The number of ether oxygens (including phenoxy) is 1. The maximum absolute atomic E-state index is 12.6. The predicted octanol–water partition coefficient (Wildman–Crippen LogP) is 0.670. The molecule has 6 heteroatoms. The lowest BCUT2D eigenvalue weighted by Gasteiger charge is -2.42. The van der Waals surface area contributed by atoms with Crippen molar-refractivity contribution in [2.45, 2.75) is 25.6 Å². The molecule has 1 atom stereocenters. The van der Waals surface area contributed by atoms with Crippen molar-refractivity contribution in [2.75, 3.05) is 26.2 Å². The van der Waals surface area contributed by atoms with E-state index in [1.807, 2.05) is 19.9 Å². The maximum Gasteiger partial charge on any atom is 0.264 e. The van der Waals surface area contributed by atoms with E-state index < -0.39 is 5.60 Å². The minimum Gasteiger partial charge on any atom is -0.394 e. The summed E-state index contributed by atoms with van der Waals surface area (Å²) >= 11 is 1.36. The van der Waals surface area contributed by atoms with Crippen LogP contribution in [-0.2, 0) is 4.74 Å². The summed E-state index contributed by atoms with van der Waals surface area (Å²) in [6.45, 7) is 4.95. The summed E-state index contributed by atoms with van der Waals surface area (Å²) in [7, 11) is 0. The Labute approximate surface area is 128 Å². The minimum absolute atomic E-state index is 0.0457. The normalized spacial score (nSPS) is 20.8. The van der Waals surface area contributed by atoms with Crippen LogP contribution in [0.15, 0.2) is 12.1 Å². The van der Waals surface area contributed by atoms with Crippen LogP contribution in [-0.4, -0.2) is 53.9 Å². The number of carbonyl (C=O) groups is 1. The predicted molar refractivity (Wildman–Crippen MR) is 82.2 cm³/mol. The van der Waals surface area contributed by atoms with Crippen LogP contribution in [0.2, 0.25) is 0 Å². The molecule has 2 heterocycles. The Hall–Kier alpha value is -1.39. The third kappa shape index (κ3) is 4.05. The Morgan fingerprint density at radius 1 is 1.62 bits per heavy atom. The molecule has 3 N–H and O–H groups in total. The molecule has 2 rings (SSSR count). The van der Waals surface area contributed by atoms with Gasteiger partial charge in [0.2, 0.25) is 0 Å². The van der Waals surface area contributed by atoms with E-state index in [9.17, 15) is 9.90 Å². The molecular weight excluding hydrogens is 288 g/mol. The molecule has 0 radical (unpaired) electrons. The van der Waals surface area contributed by atoms with Gasteiger partial charge in [-0.3, -0.25) is 4.79 Å². The molecule has 21 heavy (non-hydrogen) atoms. The number of nitrogens with zero attached hydrogens (tertiary/aromatic N) is 1. The molecule has 1 amide bonds. The third-order valence-electron chi connectivity index (χ3n) is 3.10. The van der Waals surface area contributed by atoms with E-state index in [1.54, 1.807) is 11.0 Å². The minimum atomic E-state index is -0.458. The molecule has 1 unspecified atom stereocenters. The zero-order chi connectivity index (χ0) is 15.5. The second-order valence-corrected chi connectivity index (χ2v) is 6.62. The van der Waals surface area contributed by atoms with Crippen LogP contribution in [0.1, 0.15) is 28.4 Å². The van der Waals surface area contributed by atoms with Crippen LogP contribution in [0.4, 0.5) is 0 Å². The molecule has 0 aromatic carbocycles. The van der Waals surface area contributed by atoms with Gasteiger partial charge in [-0.25, -0.2) is 0 Å². The highest BCUT2D eigenvalue weighted by molar-refractivity contribution is 7.14. The SMILES string of the molecule is CC1(C)CN(C(=O)c2ccc(C#CCN)s2)CC(CO)O1. The lowest BCUT2D eigenvalue weighted by atomic mass is 10.1. The number of morpholine rings is 1. The molecule has 0 saturated carbocycles. The number of rotatable bonds is 2. The zero-order valence-corrected chi connectivity index (χ0v) is 13.1.